The summed E-state index contributed by atoms with van der Waals surface area (Å²) in [5, 5.41) is 3.95. The van der Waals surface area contributed by atoms with Gasteiger partial charge in [-0.1, -0.05) is 56.0 Å². The number of hydrogen-bond donors (Lipinski definition) is 1. The fourth-order valence-electron chi connectivity index (χ4n) is 4.27. The van der Waals surface area contributed by atoms with Crippen LogP contribution in [-0.2, 0) is 5.54 Å². The van der Waals surface area contributed by atoms with Crippen LogP contribution in [0.1, 0.15) is 63.4 Å². The van der Waals surface area contributed by atoms with E-state index in [9.17, 15) is 0 Å². The molecule has 1 heteroatoms. The van der Waals surface area contributed by atoms with Gasteiger partial charge in [0, 0.05) is 5.54 Å². The monoisotopic (exact) mass is 257 g/mol. The summed E-state index contributed by atoms with van der Waals surface area (Å²) in [5.41, 5.74) is 1.82. The minimum atomic E-state index is 0.282. The van der Waals surface area contributed by atoms with Crippen molar-refractivity contribution in [3.05, 3.63) is 35.9 Å². The Morgan fingerprint density at radius 2 is 1.58 bits per heavy atom. The molecule has 0 radical (unpaired) electrons. The van der Waals surface area contributed by atoms with Crippen LogP contribution in [0.15, 0.2) is 30.3 Å². The highest BCUT2D eigenvalue weighted by Crippen LogP contribution is 2.43. The first kappa shape index (κ1) is 13.2. The second kappa shape index (κ2) is 6.09. The highest BCUT2D eigenvalue weighted by molar-refractivity contribution is 5.26. The number of benzene rings is 1. The Labute approximate surface area is 117 Å². The van der Waals surface area contributed by atoms with Gasteiger partial charge in [-0.2, -0.15) is 0 Å². The third-order valence-corrected chi connectivity index (χ3v) is 5.28. The van der Waals surface area contributed by atoms with Crippen molar-refractivity contribution in [1.29, 1.82) is 0 Å². The molecule has 1 saturated carbocycles. The number of piperidine rings is 1. The third kappa shape index (κ3) is 2.72. The van der Waals surface area contributed by atoms with Crippen LogP contribution in [0.25, 0.3) is 0 Å². The molecule has 1 atom stereocenters. The first-order valence-electron chi connectivity index (χ1n) is 8.22. The summed E-state index contributed by atoms with van der Waals surface area (Å²) in [5.74, 6) is 0.845. The van der Waals surface area contributed by atoms with E-state index < -0.39 is 0 Å². The van der Waals surface area contributed by atoms with E-state index in [0.717, 1.165) is 5.92 Å². The van der Waals surface area contributed by atoms with Crippen LogP contribution in [0, 0.1) is 5.92 Å². The minimum Gasteiger partial charge on any atom is -0.307 e. The van der Waals surface area contributed by atoms with Gasteiger partial charge in [0.15, 0.2) is 0 Å². The molecule has 1 aromatic rings. The molecule has 1 aliphatic carbocycles. The summed E-state index contributed by atoms with van der Waals surface area (Å²) >= 11 is 0. The fraction of sp³-hybridized carbons (Fsp3) is 0.667. The van der Waals surface area contributed by atoms with Gasteiger partial charge in [0.05, 0.1) is 0 Å². The van der Waals surface area contributed by atoms with E-state index in [2.05, 4.69) is 35.6 Å². The highest BCUT2D eigenvalue weighted by Gasteiger charge is 2.40. The lowest BCUT2D eigenvalue weighted by atomic mass is 9.70. The molecule has 1 aromatic carbocycles. The summed E-state index contributed by atoms with van der Waals surface area (Å²) in [7, 11) is 0. The molecule has 0 aromatic heterocycles. The van der Waals surface area contributed by atoms with E-state index in [1.807, 2.05) is 0 Å². The van der Waals surface area contributed by atoms with E-state index >= 15 is 0 Å². The van der Waals surface area contributed by atoms with Crippen molar-refractivity contribution in [3.63, 3.8) is 0 Å². The van der Waals surface area contributed by atoms with Gasteiger partial charge in [0.2, 0.25) is 0 Å². The minimum absolute atomic E-state index is 0.282. The summed E-state index contributed by atoms with van der Waals surface area (Å²) < 4.78 is 0. The van der Waals surface area contributed by atoms with Crippen molar-refractivity contribution in [2.45, 2.75) is 63.3 Å². The molecule has 3 rings (SSSR count). The average molecular weight is 257 g/mol. The molecule has 1 unspecified atom stereocenters. The van der Waals surface area contributed by atoms with Gasteiger partial charge >= 0.3 is 0 Å². The molecule has 1 N–H and O–H groups in total. The Morgan fingerprint density at radius 1 is 0.842 bits per heavy atom. The molecule has 0 amide bonds. The van der Waals surface area contributed by atoms with E-state index in [-0.39, 0.29) is 5.54 Å². The lowest BCUT2D eigenvalue weighted by Crippen LogP contribution is -2.51. The summed E-state index contributed by atoms with van der Waals surface area (Å²) in [6.45, 7) is 1.20. The first-order valence-corrected chi connectivity index (χ1v) is 8.22. The molecular formula is C18H27N. The molecule has 0 spiro atoms. The lowest BCUT2D eigenvalue weighted by molar-refractivity contribution is 0.145. The quantitative estimate of drug-likeness (QED) is 0.762. The van der Waals surface area contributed by atoms with E-state index in [0.29, 0.717) is 0 Å². The van der Waals surface area contributed by atoms with E-state index in [4.69, 9.17) is 0 Å². The Balaban J connectivity index is 1.91. The molecular weight excluding hydrogens is 230 g/mol. The average Bonchev–Trinajstić information content (AvgIpc) is 2.78. The van der Waals surface area contributed by atoms with Gasteiger partial charge in [-0.3, -0.25) is 0 Å². The van der Waals surface area contributed by atoms with Gasteiger partial charge in [-0.25, -0.2) is 0 Å². The number of hydrogen-bond acceptors (Lipinski definition) is 1. The van der Waals surface area contributed by atoms with Gasteiger partial charge in [0.1, 0.15) is 0 Å². The second-order valence-corrected chi connectivity index (χ2v) is 6.41. The predicted molar refractivity (Wildman–Crippen MR) is 81.2 cm³/mol. The maximum atomic E-state index is 3.95. The Morgan fingerprint density at radius 3 is 2.21 bits per heavy atom. The first-order chi connectivity index (χ1) is 9.42. The van der Waals surface area contributed by atoms with Crippen LogP contribution >= 0.6 is 0 Å². The standard InChI is InChI=1S/C18H27N/c1-2-5-11-16(10-4-1)18(14-8-9-15-19-18)17-12-6-3-7-13-17/h3,6-7,12-13,16,19H,1-2,4-5,8-11,14-15H2. The van der Waals surface area contributed by atoms with Gasteiger partial charge in [-0.15, -0.1) is 0 Å². The second-order valence-electron chi connectivity index (χ2n) is 6.41. The maximum absolute atomic E-state index is 3.95. The molecule has 104 valence electrons. The number of rotatable bonds is 2. The Bertz CT molecular complexity index is 370. The van der Waals surface area contributed by atoms with Crippen molar-refractivity contribution >= 4 is 0 Å². The van der Waals surface area contributed by atoms with Crippen LogP contribution in [-0.4, -0.2) is 6.54 Å². The zero-order valence-corrected chi connectivity index (χ0v) is 12.0. The molecule has 1 heterocycles. The predicted octanol–water partition coefficient (Wildman–Crippen LogP) is 4.63. The van der Waals surface area contributed by atoms with E-state index in [1.165, 1.54) is 64.3 Å². The van der Waals surface area contributed by atoms with Crippen molar-refractivity contribution in [2.75, 3.05) is 6.54 Å². The van der Waals surface area contributed by atoms with E-state index in [1.54, 1.807) is 5.56 Å². The molecule has 2 fully saturated rings. The zero-order chi connectivity index (χ0) is 13.0. The highest BCUT2D eigenvalue weighted by atomic mass is 15.0. The zero-order valence-electron chi connectivity index (χ0n) is 12.0. The molecule has 2 aliphatic rings. The van der Waals surface area contributed by atoms with Crippen LogP contribution in [0.4, 0.5) is 0 Å². The third-order valence-electron chi connectivity index (χ3n) is 5.28. The van der Waals surface area contributed by atoms with Gasteiger partial charge in [0.25, 0.3) is 0 Å². The molecule has 1 nitrogen and oxygen atoms in total. The van der Waals surface area contributed by atoms with Gasteiger partial charge in [-0.05, 0) is 50.1 Å². The van der Waals surface area contributed by atoms with Crippen molar-refractivity contribution in [3.8, 4) is 0 Å². The molecule has 1 aliphatic heterocycles. The van der Waals surface area contributed by atoms with Gasteiger partial charge < -0.3 is 5.32 Å². The van der Waals surface area contributed by atoms with Crippen LogP contribution in [0.2, 0.25) is 0 Å². The van der Waals surface area contributed by atoms with Crippen molar-refractivity contribution < 1.29 is 0 Å². The lowest BCUT2D eigenvalue weighted by Gasteiger charge is -2.45. The topological polar surface area (TPSA) is 12.0 Å². The van der Waals surface area contributed by atoms with Crippen LogP contribution in [0.3, 0.4) is 0 Å². The summed E-state index contributed by atoms with van der Waals surface area (Å²) in [4.78, 5) is 0. The number of nitrogens with one attached hydrogen (secondary N) is 1. The van der Waals surface area contributed by atoms with Crippen LogP contribution < -0.4 is 5.32 Å². The Kier molecular flexibility index (Phi) is 4.22. The largest absolute Gasteiger partial charge is 0.307 e. The molecule has 19 heavy (non-hydrogen) atoms. The Hall–Kier alpha value is -0.820. The SMILES string of the molecule is c1ccc(C2(C3CCCCCC3)CCCCN2)cc1. The molecule has 0 bridgehead atoms. The normalized spacial score (nSPS) is 29.9. The molecule has 1 saturated heterocycles. The fourth-order valence-corrected chi connectivity index (χ4v) is 4.27. The summed E-state index contributed by atoms with van der Waals surface area (Å²) in [6, 6.07) is 11.3. The summed E-state index contributed by atoms with van der Waals surface area (Å²) in [6.07, 6.45) is 12.7. The van der Waals surface area contributed by atoms with Crippen molar-refractivity contribution in [1.82, 2.24) is 5.32 Å². The maximum Gasteiger partial charge on any atom is 0.0463 e. The van der Waals surface area contributed by atoms with Crippen molar-refractivity contribution in [2.24, 2.45) is 5.92 Å². The smallest absolute Gasteiger partial charge is 0.0463 e. The van der Waals surface area contributed by atoms with Crippen LogP contribution in [0.5, 0.6) is 0 Å².